The number of aryl methyl sites for hydroxylation is 1. The van der Waals surface area contributed by atoms with Crippen molar-refractivity contribution in [3.8, 4) is 0 Å². The molecule has 3 rings (SSSR count). The minimum atomic E-state index is 0.772. The Bertz CT molecular complexity index is 964. The van der Waals surface area contributed by atoms with Crippen molar-refractivity contribution in [1.29, 1.82) is 0 Å². The summed E-state index contributed by atoms with van der Waals surface area (Å²) in [6, 6.07) is 11.0. The Kier molecular flexibility index (Phi) is 8.43. The van der Waals surface area contributed by atoms with Crippen molar-refractivity contribution in [2.45, 2.75) is 52.5 Å². The van der Waals surface area contributed by atoms with Crippen LogP contribution >= 0.6 is 0 Å². The molecule has 2 N–H and O–H groups in total. The highest BCUT2D eigenvalue weighted by molar-refractivity contribution is 5.66. The van der Waals surface area contributed by atoms with Crippen LogP contribution in [0.5, 0.6) is 0 Å². The van der Waals surface area contributed by atoms with Gasteiger partial charge < -0.3 is 10.6 Å². The summed E-state index contributed by atoms with van der Waals surface area (Å²) >= 11 is 0. The summed E-state index contributed by atoms with van der Waals surface area (Å²) < 4.78 is 0. The number of allylic oxidation sites excluding steroid dienone is 5. The zero-order chi connectivity index (χ0) is 22.1. The van der Waals surface area contributed by atoms with Crippen molar-refractivity contribution in [3.63, 3.8) is 0 Å². The molecule has 0 bridgehead atoms. The first-order valence-electron chi connectivity index (χ1n) is 11.3. The molecule has 0 saturated carbocycles. The fourth-order valence-electron chi connectivity index (χ4n) is 3.85. The van der Waals surface area contributed by atoms with Gasteiger partial charge in [-0.1, -0.05) is 68.1 Å². The molecule has 3 heteroatoms. The van der Waals surface area contributed by atoms with Gasteiger partial charge in [0.1, 0.15) is 0 Å². The van der Waals surface area contributed by atoms with Gasteiger partial charge >= 0.3 is 0 Å². The maximum Gasteiger partial charge on any atom is 0.0577 e. The molecular weight excluding hydrogens is 378 g/mol. The topological polar surface area (TPSA) is 37.0 Å². The van der Waals surface area contributed by atoms with Gasteiger partial charge in [0.15, 0.2) is 0 Å². The van der Waals surface area contributed by atoms with Gasteiger partial charge in [-0.2, -0.15) is 0 Å². The maximum atomic E-state index is 4.50. The standard InChI is InChI=1S/C28H35N3/c1-5-29-20-28-22(3)27(17-18-30-28)23(4)31-21(2)11-12-24-13-15-26(16-14-24)19-25-9-7-6-8-10-25/h6-7,9,13-18,29,31H,2,4-5,8,10-12,19-20H2,1,3H3. The Morgan fingerprint density at radius 2 is 1.87 bits per heavy atom. The molecule has 3 nitrogen and oxygen atoms in total. The second-order valence-electron chi connectivity index (χ2n) is 8.20. The molecule has 1 aliphatic rings. The summed E-state index contributed by atoms with van der Waals surface area (Å²) in [6.45, 7) is 14.4. The quantitative estimate of drug-likeness (QED) is 0.472. The Morgan fingerprint density at radius 1 is 1.10 bits per heavy atom. The van der Waals surface area contributed by atoms with E-state index in [0.29, 0.717) is 0 Å². The molecule has 0 spiro atoms. The smallest absolute Gasteiger partial charge is 0.0577 e. The summed E-state index contributed by atoms with van der Waals surface area (Å²) in [5, 5.41) is 6.75. The van der Waals surface area contributed by atoms with Crippen molar-refractivity contribution in [1.82, 2.24) is 15.6 Å². The lowest BCUT2D eigenvalue weighted by molar-refractivity contribution is 0.706. The van der Waals surface area contributed by atoms with E-state index in [2.05, 4.69) is 85.1 Å². The van der Waals surface area contributed by atoms with E-state index in [-0.39, 0.29) is 0 Å². The average Bonchev–Trinajstić information content (AvgIpc) is 2.78. The average molecular weight is 414 g/mol. The second kappa shape index (κ2) is 11.5. The molecule has 1 aromatic carbocycles. The van der Waals surface area contributed by atoms with Gasteiger partial charge in [-0.15, -0.1) is 0 Å². The van der Waals surface area contributed by atoms with Crippen LogP contribution in [-0.4, -0.2) is 11.5 Å². The van der Waals surface area contributed by atoms with E-state index in [4.69, 9.17) is 0 Å². The van der Waals surface area contributed by atoms with Crippen LogP contribution in [0.2, 0.25) is 0 Å². The first-order valence-corrected chi connectivity index (χ1v) is 11.3. The molecule has 31 heavy (non-hydrogen) atoms. The van der Waals surface area contributed by atoms with Crippen LogP contribution in [0.25, 0.3) is 5.70 Å². The van der Waals surface area contributed by atoms with Crippen molar-refractivity contribution in [2.75, 3.05) is 6.54 Å². The molecule has 0 amide bonds. The highest BCUT2D eigenvalue weighted by Crippen LogP contribution is 2.20. The van der Waals surface area contributed by atoms with Gasteiger partial charge in [-0.3, -0.25) is 4.98 Å². The van der Waals surface area contributed by atoms with Crippen LogP contribution in [0.1, 0.15) is 54.1 Å². The molecule has 0 fully saturated rings. The van der Waals surface area contributed by atoms with Crippen LogP contribution in [0.4, 0.5) is 0 Å². The number of aromatic nitrogens is 1. The van der Waals surface area contributed by atoms with Crippen LogP contribution in [0.3, 0.4) is 0 Å². The Morgan fingerprint density at radius 3 is 2.58 bits per heavy atom. The van der Waals surface area contributed by atoms with Gasteiger partial charge in [0.25, 0.3) is 0 Å². The summed E-state index contributed by atoms with van der Waals surface area (Å²) in [4.78, 5) is 4.50. The molecule has 1 heterocycles. The molecule has 0 aliphatic heterocycles. The Labute approximate surface area is 187 Å². The molecule has 1 aromatic heterocycles. The number of hydrogen-bond donors (Lipinski definition) is 2. The SMILES string of the molecule is C=C(CCc1ccc(CC2=CC=CCC2)cc1)NC(=C)c1ccnc(CNCC)c1C. The third-order valence-corrected chi connectivity index (χ3v) is 5.77. The molecule has 0 radical (unpaired) electrons. The van der Waals surface area contributed by atoms with Gasteiger partial charge in [-0.25, -0.2) is 0 Å². The van der Waals surface area contributed by atoms with Gasteiger partial charge in [0, 0.05) is 29.7 Å². The Balaban J connectivity index is 1.50. The lowest BCUT2D eigenvalue weighted by atomic mass is 9.96. The van der Waals surface area contributed by atoms with Crippen molar-refractivity contribution < 1.29 is 0 Å². The van der Waals surface area contributed by atoms with E-state index < -0.39 is 0 Å². The fraction of sp³-hybridized carbons (Fsp3) is 0.321. The predicted octanol–water partition coefficient (Wildman–Crippen LogP) is 6.03. The lowest BCUT2D eigenvalue weighted by Crippen LogP contribution is -2.16. The molecular formula is C28H35N3. The molecule has 1 aliphatic carbocycles. The lowest BCUT2D eigenvalue weighted by Gasteiger charge is -2.16. The van der Waals surface area contributed by atoms with Crippen LogP contribution in [-0.2, 0) is 19.4 Å². The number of nitrogens with zero attached hydrogens (tertiary/aromatic N) is 1. The van der Waals surface area contributed by atoms with E-state index >= 15 is 0 Å². The van der Waals surface area contributed by atoms with E-state index in [0.717, 1.165) is 60.6 Å². The van der Waals surface area contributed by atoms with Gasteiger partial charge in [-0.05, 0) is 68.3 Å². The van der Waals surface area contributed by atoms with Crippen molar-refractivity contribution >= 4 is 5.70 Å². The number of rotatable bonds is 11. The van der Waals surface area contributed by atoms with Crippen molar-refractivity contribution in [2.24, 2.45) is 0 Å². The summed E-state index contributed by atoms with van der Waals surface area (Å²) in [5.41, 5.74) is 9.43. The first kappa shape index (κ1) is 22.8. The van der Waals surface area contributed by atoms with Gasteiger partial charge in [0.05, 0.1) is 5.69 Å². The predicted molar refractivity (Wildman–Crippen MR) is 133 cm³/mol. The summed E-state index contributed by atoms with van der Waals surface area (Å²) in [5.74, 6) is 0. The Hall–Kier alpha value is -2.91. The number of nitrogens with one attached hydrogen (secondary N) is 2. The highest BCUT2D eigenvalue weighted by atomic mass is 14.9. The van der Waals surface area contributed by atoms with E-state index in [9.17, 15) is 0 Å². The number of hydrogen-bond acceptors (Lipinski definition) is 3. The van der Waals surface area contributed by atoms with Crippen LogP contribution < -0.4 is 10.6 Å². The molecule has 2 aromatic rings. The first-order chi connectivity index (χ1) is 15.1. The summed E-state index contributed by atoms with van der Waals surface area (Å²) in [6.07, 6.45) is 13.8. The van der Waals surface area contributed by atoms with Gasteiger partial charge in [0.2, 0.25) is 0 Å². The van der Waals surface area contributed by atoms with E-state index in [1.54, 1.807) is 0 Å². The highest BCUT2D eigenvalue weighted by Gasteiger charge is 2.09. The minimum Gasteiger partial charge on any atom is -0.359 e. The number of benzene rings is 1. The third kappa shape index (κ3) is 6.80. The minimum absolute atomic E-state index is 0.772. The number of pyridine rings is 1. The van der Waals surface area contributed by atoms with Crippen molar-refractivity contribution in [3.05, 3.63) is 107 Å². The molecule has 0 unspecified atom stereocenters. The molecule has 0 saturated heterocycles. The van der Waals surface area contributed by atoms with Crippen LogP contribution in [0, 0.1) is 6.92 Å². The van der Waals surface area contributed by atoms with E-state index in [1.807, 2.05) is 12.3 Å². The summed E-state index contributed by atoms with van der Waals surface area (Å²) in [7, 11) is 0. The molecule has 162 valence electrons. The van der Waals surface area contributed by atoms with Crippen LogP contribution in [0.15, 0.2) is 79.2 Å². The third-order valence-electron chi connectivity index (χ3n) is 5.77. The zero-order valence-corrected chi connectivity index (χ0v) is 19.0. The largest absolute Gasteiger partial charge is 0.359 e. The second-order valence-corrected chi connectivity index (χ2v) is 8.20. The zero-order valence-electron chi connectivity index (χ0n) is 19.0. The fourth-order valence-corrected chi connectivity index (χ4v) is 3.85. The van der Waals surface area contributed by atoms with E-state index in [1.165, 1.54) is 29.5 Å². The monoisotopic (exact) mass is 413 g/mol. The maximum absolute atomic E-state index is 4.50. The normalized spacial score (nSPS) is 13.0. The molecule has 0 atom stereocenters.